The van der Waals surface area contributed by atoms with Crippen LogP contribution in [0.2, 0.25) is 0 Å². The van der Waals surface area contributed by atoms with E-state index in [0.717, 1.165) is 11.8 Å². The second-order valence-corrected chi connectivity index (χ2v) is 6.70. The Morgan fingerprint density at radius 2 is 2.10 bits per heavy atom. The lowest BCUT2D eigenvalue weighted by Gasteiger charge is -2.10. The van der Waals surface area contributed by atoms with Gasteiger partial charge < -0.3 is 5.32 Å². The van der Waals surface area contributed by atoms with Crippen molar-refractivity contribution in [3.8, 4) is 0 Å². The number of aromatic nitrogens is 1. The van der Waals surface area contributed by atoms with Gasteiger partial charge in [0, 0.05) is 11.1 Å². The topological polar surface area (TPSA) is 88.2 Å². The molecule has 0 atom stereocenters. The second-order valence-electron chi connectivity index (χ2n) is 4.23. The molecule has 0 saturated heterocycles. The molecule has 0 aliphatic rings. The molecule has 0 saturated carbocycles. The Bertz CT molecular complexity index is 724. The van der Waals surface area contributed by atoms with E-state index in [2.05, 4.69) is 15.0 Å². The lowest BCUT2D eigenvalue weighted by atomic mass is 10.2. The van der Waals surface area contributed by atoms with Crippen LogP contribution in [0, 0.1) is 6.92 Å². The summed E-state index contributed by atoms with van der Waals surface area (Å²) in [7, 11) is -3.36. The van der Waals surface area contributed by atoms with Crippen molar-refractivity contribution in [3.05, 3.63) is 40.3 Å². The molecule has 0 spiro atoms. The summed E-state index contributed by atoms with van der Waals surface area (Å²) < 4.78 is 24.9. The Balaban J connectivity index is 2.21. The van der Waals surface area contributed by atoms with E-state index >= 15 is 0 Å². The van der Waals surface area contributed by atoms with Gasteiger partial charge in [0.1, 0.15) is 5.69 Å². The van der Waals surface area contributed by atoms with Gasteiger partial charge in [-0.3, -0.25) is 9.52 Å². The van der Waals surface area contributed by atoms with Crippen molar-refractivity contribution in [2.75, 3.05) is 16.3 Å². The van der Waals surface area contributed by atoms with Crippen LogP contribution in [0.15, 0.2) is 29.1 Å². The SMILES string of the molecule is Cc1ccc(NC(=O)c2cscn2)cc1NS(C)(=O)=O. The molecule has 2 rings (SSSR count). The third-order valence-electron chi connectivity index (χ3n) is 2.46. The summed E-state index contributed by atoms with van der Waals surface area (Å²) in [5, 5.41) is 4.31. The van der Waals surface area contributed by atoms with Gasteiger partial charge in [0.2, 0.25) is 10.0 Å². The minimum atomic E-state index is -3.36. The zero-order chi connectivity index (χ0) is 14.8. The average Bonchev–Trinajstić information content (AvgIpc) is 2.85. The molecule has 1 aromatic carbocycles. The van der Waals surface area contributed by atoms with Gasteiger partial charge in [-0.05, 0) is 24.6 Å². The first-order valence-electron chi connectivity index (χ1n) is 5.63. The molecule has 0 radical (unpaired) electrons. The van der Waals surface area contributed by atoms with Crippen LogP contribution in [0.5, 0.6) is 0 Å². The summed E-state index contributed by atoms with van der Waals surface area (Å²) in [6, 6.07) is 5.00. The highest BCUT2D eigenvalue weighted by molar-refractivity contribution is 7.92. The molecule has 0 bridgehead atoms. The zero-order valence-corrected chi connectivity index (χ0v) is 12.5. The number of hydrogen-bond donors (Lipinski definition) is 2. The third-order valence-corrected chi connectivity index (χ3v) is 3.63. The molecular weight excluding hydrogens is 298 g/mol. The number of hydrogen-bond acceptors (Lipinski definition) is 5. The molecule has 2 N–H and O–H groups in total. The molecule has 0 unspecified atom stereocenters. The Morgan fingerprint density at radius 3 is 2.70 bits per heavy atom. The Labute approximate surface area is 120 Å². The Kier molecular flexibility index (Phi) is 4.05. The average molecular weight is 311 g/mol. The fourth-order valence-corrected chi connectivity index (χ4v) is 2.68. The lowest BCUT2D eigenvalue weighted by Crippen LogP contribution is -2.14. The van der Waals surface area contributed by atoms with Crippen LogP contribution in [-0.4, -0.2) is 25.6 Å². The number of aryl methyl sites for hydroxylation is 1. The Hall–Kier alpha value is -1.93. The third kappa shape index (κ3) is 3.78. The molecule has 0 aliphatic heterocycles. The van der Waals surface area contributed by atoms with Crippen molar-refractivity contribution < 1.29 is 13.2 Å². The lowest BCUT2D eigenvalue weighted by molar-refractivity contribution is 0.102. The highest BCUT2D eigenvalue weighted by Gasteiger charge is 2.10. The largest absolute Gasteiger partial charge is 0.321 e. The van der Waals surface area contributed by atoms with Crippen LogP contribution in [0.25, 0.3) is 0 Å². The van der Waals surface area contributed by atoms with Gasteiger partial charge in [0.25, 0.3) is 5.91 Å². The summed E-state index contributed by atoms with van der Waals surface area (Å²) in [6.45, 7) is 1.78. The molecule has 6 nitrogen and oxygen atoms in total. The van der Waals surface area contributed by atoms with Crippen LogP contribution < -0.4 is 10.0 Å². The van der Waals surface area contributed by atoms with Crippen LogP contribution in [0.1, 0.15) is 16.1 Å². The normalized spacial score (nSPS) is 11.1. The Morgan fingerprint density at radius 1 is 1.35 bits per heavy atom. The number of thiazole rings is 1. The van der Waals surface area contributed by atoms with Crippen LogP contribution in [-0.2, 0) is 10.0 Å². The fraction of sp³-hybridized carbons (Fsp3) is 0.167. The van der Waals surface area contributed by atoms with Crippen LogP contribution in [0.3, 0.4) is 0 Å². The molecular formula is C12H13N3O3S2. The van der Waals surface area contributed by atoms with Gasteiger partial charge in [-0.1, -0.05) is 6.07 Å². The molecule has 106 valence electrons. The first-order chi connectivity index (χ1) is 9.35. The van der Waals surface area contributed by atoms with Crippen molar-refractivity contribution in [2.24, 2.45) is 0 Å². The number of anilines is 2. The van der Waals surface area contributed by atoms with E-state index in [4.69, 9.17) is 0 Å². The number of amides is 1. The predicted octanol–water partition coefficient (Wildman–Crippen LogP) is 2.08. The van der Waals surface area contributed by atoms with E-state index in [9.17, 15) is 13.2 Å². The van der Waals surface area contributed by atoms with E-state index in [-0.39, 0.29) is 5.91 Å². The smallest absolute Gasteiger partial charge is 0.275 e. The van der Waals surface area contributed by atoms with E-state index in [1.54, 1.807) is 36.0 Å². The number of sulfonamides is 1. The van der Waals surface area contributed by atoms with E-state index in [0.29, 0.717) is 17.1 Å². The summed E-state index contributed by atoms with van der Waals surface area (Å²) in [5.41, 5.74) is 3.60. The van der Waals surface area contributed by atoms with Crippen molar-refractivity contribution in [1.82, 2.24) is 4.98 Å². The summed E-state index contributed by atoms with van der Waals surface area (Å²) >= 11 is 1.33. The van der Waals surface area contributed by atoms with Crippen LogP contribution in [0.4, 0.5) is 11.4 Å². The summed E-state index contributed by atoms with van der Waals surface area (Å²) in [4.78, 5) is 15.8. The number of nitrogens with zero attached hydrogens (tertiary/aromatic N) is 1. The monoisotopic (exact) mass is 311 g/mol. The van der Waals surface area contributed by atoms with E-state index in [1.165, 1.54) is 11.3 Å². The molecule has 1 amide bonds. The molecule has 20 heavy (non-hydrogen) atoms. The number of nitrogens with one attached hydrogen (secondary N) is 2. The number of carbonyl (C=O) groups is 1. The summed E-state index contributed by atoms with van der Waals surface area (Å²) in [6.07, 6.45) is 1.08. The van der Waals surface area contributed by atoms with Crippen molar-refractivity contribution in [3.63, 3.8) is 0 Å². The summed E-state index contributed by atoms with van der Waals surface area (Å²) in [5.74, 6) is -0.333. The van der Waals surface area contributed by atoms with Gasteiger partial charge in [-0.2, -0.15) is 0 Å². The number of carbonyl (C=O) groups excluding carboxylic acids is 1. The van der Waals surface area contributed by atoms with Gasteiger partial charge in [-0.15, -0.1) is 11.3 Å². The van der Waals surface area contributed by atoms with Crippen LogP contribution >= 0.6 is 11.3 Å². The maximum atomic E-state index is 11.9. The quantitative estimate of drug-likeness (QED) is 0.905. The maximum Gasteiger partial charge on any atom is 0.275 e. The molecule has 1 aromatic heterocycles. The molecule has 2 aromatic rings. The van der Waals surface area contributed by atoms with E-state index < -0.39 is 10.0 Å². The number of benzene rings is 1. The first-order valence-corrected chi connectivity index (χ1v) is 8.46. The van der Waals surface area contributed by atoms with Gasteiger partial charge in [0.05, 0.1) is 17.5 Å². The fourth-order valence-electron chi connectivity index (χ4n) is 1.53. The first kappa shape index (κ1) is 14.5. The molecule has 1 heterocycles. The molecule has 8 heteroatoms. The predicted molar refractivity (Wildman–Crippen MR) is 79.7 cm³/mol. The van der Waals surface area contributed by atoms with Crippen molar-refractivity contribution in [2.45, 2.75) is 6.92 Å². The second kappa shape index (κ2) is 5.59. The minimum Gasteiger partial charge on any atom is -0.321 e. The zero-order valence-electron chi connectivity index (χ0n) is 10.9. The number of rotatable bonds is 4. The highest BCUT2D eigenvalue weighted by Crippen LogP contribution is 2.21. The highest BCUT2D eigenvalue weighted by atomic mass is 32.2. The minimum absolute atomic E-state index is 0.327. The molecule has 0 aliphatic carbocycles. The maximum absolute atomic E-state index is 11.9. The molecule has 0 fully saturated rings. The standard InChI is InChI=1S/C12H13N3O3S2/c1-8-3-4-9(5-10(8)15-20(2,17)18)14-12(16)11-6-19-7-13-11/h3-7,15H,1-2H3,(H,14,16). The van der Waals surface area contributed by atoms with Crippen molar-refractivity contribution >= 4 is 38.6 Å². The van der Waals surface area contributed by atoms with Crippen molar-refractivity contribution in [1.29, 1.82) is 0 Å². The van der Waals surface area contributed by atoms with E-state index in [1.807, 2.05) is 0 Å². The van der Waals surface area contributed by atoms with Gasteiger partial charge in [-0.25, -0.2) is 13.4 Å². The van der Waals surface area contributed by atoms with Gasteiger partial charge in [0.15, 0.2) is 0 Å². The van der Waals surface area contributed by atoms with Gasteiger partial charge >= 0.3 is 0 Å².